The molecule has 0 spiro atoms. The Labute approximate surface area is 340 Å². The average Bonchev–Trinajstić information content (AvgIpc) is 3.72. The van der Waals surface area contributed by atoms with E-state index >= 15 is 0 Å². The summed E-state index contributed by atoms with van der Waals surface area (Å²) in [5, 5.41) is 24.4. The molecule has 6 unspecified atom stereocenters. The van der Waals surface area contributed by atoms with Crippen LogP contribution in [0.3, 0.4) is 0 Å². The van der Waals surface area contributed by atoms with Gasteiger partial charge in [0.15, 0.2) is 11.5 Å². The van der Waals surface area contributed by atoms with Crippen molar-refractivity contribution in [1.82, 2.24) is 4.90 Å². The summed E-state index contributed by atoms with van der Waals surface area (Å²) in [5.41, 5.74) is 3.46. The van der Waals surface area contributed by atoms with Crippen molar-refractivity contribution in [2.75, 3.05) is 40.3 Å². The summed E-state index contributed by atoms with van der Waals surface area (Å²) in [4.78, 5) is 22.3. The van der Waals surface area contributed by atoms with Crippen molar-refractivity contribution in [3.8, 4) is 23.0 Å². The van der Waals surface area contributed by atoms with Gasteiger partial charge < -0.3 is 43.6 Å². The molecule has 58 heavy (non-hydrogen) atoms. The number of hydrogen-bond acceptors (Lipinski definition) is 10. The summed E-state index contributed by atoms with van der Waals surface area (Å²) in [6.07, 6.45) is 9.50. The number of rotatable bonds is 19. The first-order chi connectivity index (χ1) is 28.4. The van der Waals surface area contributed by atoms with E-state index < -0.39 is 17.7 Å². The second kappa shape index (κ2) is 18.8. The van der Waals surface area contributed by atoms with Crippen LogP contribution in [0.5, 0.6) is 23.0 Å². The molecule has 0 saturated heterocycles. The molecule has 11 nitrogen and oxygen atoms in total. The Kier molecular flexibility index (Phi) is 13.4. The minimum atomic E-state index is -1.40. The number of aliphatic hydroxyl groups excluding tert-OH is 2. The van der Waals surface area contributed by atoms with Crippen LogP contribution in [-0.4, -0.2) is 78.8 Å². The zero-order valence-corrected chi connectivity index (χ0v) is 33.4. The maximum atomic E-state index is 14.9. The molecule has 3 aromatic rings. The zero-order chi connectivity index (χ0) is 40.6. The fourth-order valence-corrected chi connectivity index (χ4v) is 9.46. The molecular formula is C46H55FN2O9. The van der Waals surface area contributed by atoms with Crippen LogP contribution >= 0.6 is 0 Å². The van der Waals surface area contributed by atoms with Crippen LogP contribution in [0.25, 0.3) is 0 Å². The number of unbranched alkanes of at least 4 members (excludes halogenated alkanes) is 2. The number of ether oxygens (including phenoxy) is 5. The van der Waals surface area contributed by atoms with Crippen molar-refractivity contribution in [1.29, 1.82) is 0 Å². The molecule has 12 heteroatoms. The van der Waals surface area contributed by atoms with Crippen molar-refractivity contribution in [2.45, 2.75) is 82.6 Å². The van der Waals surface area contributed by atoms with Gasteiger partial charge >= 0.3 is 0 Å². The van der Waals surface area contributed by atoms with Crippen molar-refractivity contribution >= 4 is 11.6 Å². The Morgan fingerprint density at radius 3 is 2.55 bits per heavy atom. The average molecular weight is 799 g/mol. The van der Waals surface area contributed by atoms with E-state index in [0.29, 0.717) is 65.6 Å². The van der Waals surface area contributed by atoms with Gasteiger partial charge in [0.2, 0.25) is 12.6 Å². The minimum absolute atomic E-state index is 0.0434. The molecule has 3 aromatic carbocycles. The topological polar surface area (TPSA) is 129 Å². The maximum Gasteiger partial charge on any atom is 0.254 e. The SMILES string of the molecule is C=CCOC12Oc3ccc(OCc4ccccc4F)cc3C3C(CCCCO)C(CCCCO)C=C(C(=NOC)CC1N(CCC)C(=O)c1ccc4c(c1)OCO4)C32. The Morgan fingerprint density at radius 1 is 1.02 bits per heavy atom. The van der Waals surface area contributed by atoms with E-state index in [4.69, 9.17) is 28.5 Å². The van der Waals surface area contributed by atoms with Crippen LogP contribution in [0.15, 0.2) is 90.1 Å². The number of hydrogen-bond donors (Lipinski definition) is 2. The van der Waals surface area contributed by atoms with E-state index in [9.17, 15) is 19.4 Å². The molecular weight excluding hydrogens is 744 g/mol. The third-order valence-corrected chi connectivity index (χ3v) is 11.9. The molecule has 2 N–H and O–H groups in total. The molecule has 6 atom stereocenters. The standard InChI is InChI=1S/C46H55FN2O9/c1-4-20-49(45(52)31-16-18-40-41(25-31)56-29-55-40)42-27-38(48-53-3)35-24-30(12-8-10-21-50)34(14-9-11-22-51)43-36-26-33(54-28-32-13-6-7-15-37(32)47)17-19-39(36)58-46(42,44(35)43)57-23-5-2/h5-7,13,15-19,24-26,30,34,42-44,50-51H,2,4,8-12,14,20-23,27-29H2,1,3H3. The van der Waals surface area contributed by atoms with Crippen LogP contribution in [0.2, 0.25) is 0 Å². The molecule has 2 aliphatic heterocycles. The Bertz CT molecular complexity index is 1990. The summed E-state index contributed by atoms with van der Waals surface area (Å²) in [6, 6.07) is 16.9. The first kappa shape index (κ1) is 41.3. The van der Waals surface area contributed by atoms with Gasteiger partial charge in [-0.15, -0.1) is 6.58 Å². The lowest BCUT2D eigenvalue weighted by Crippen LogP contribution is -2.70. The van der Waals surface area contributed by atoms with E-state index in [1.165, 1.54) is 13.2 Å². The van der Waals surface area contributed by atoms with Gasteiger partial charge in [-0.3, -0.25) is 4.79 Å². The first-order valence-electron chi connectivity index (χ1n) is 20.6. The third kappa shape index (κ3) is 8.19. The van der Waals surface area contributed by atoms with Gasteiger partial charge in [-0.05, 0) is 92.0 Å². The summed E-state index contributed by atoms with van der Waals surface area (Å²) in [5.74, 6) is -0.249. The number of oxime groups is 1. The molecule has 2 aliphatic carbocycles. The monoisotopic (exact) mass is 798 g/mol. The molecule has 4 aliphatic rings. The van der Waals surface area contributed by atoms with E-state index in [2.05, 4.69) is 17.8 Å². The highest BCUT2D eigenvalue weighted by Gasteiger charge is 2.65. The summed E-state index contributed by atoms with van der Waals surface area (Å²) >= 11 is 0. The molecule has 1 fully saturated rings. The van der Waals surface area contributed by atoms with Crippen molar-refractivity contribution in [3.63, 3.8) is 0 Å². The second-order valence-corrected chi connectivity index (χ2v) is 15.4. The molecule has 2 heterocycles. The highest BCUT2D eigenvalue weighted by atomic mass is 19.1. The predicted molar refractivity (Wildman–Crippen MR) is 217 cm³/mol. The van der Waals surface area contributed by atoms with Gasteiger partial charge in [0.1, 0.15) is 37.1 Å². The zero-order valence-electron chi connectivity index (χ0n) is 33.4. The number of nitrogens with zero attached hydrogens (tertiary/aromatic N) is 2. The second-order valence-electron chi connectivity index (χ2n) is 15.4. The number of amides is 1. The number of allylic oxidation sites excluding steroid dienone is 1. The Balaban J connectivity index is 1.41. The number of aliphatic hydroxyl groups is 2. The normalized spacial score (nSPS) is 24.6. The van der Waals surface area contributed by atoms with Crippen LogP contribution in [0, 0.1) is 23.6 Å². The number of carbonyl (C=O) groups is 1. The van der Waals surface area contributed by atoms with E-state index in [1.54, 1.807) is 42.5 Å². The van der Waals surface area contributed by atoms with Crippen molar-refractivity contribution < 1.29 is 47.9 Å². The Hall–Kier alpha value is -4.91. The molecule has 0 aromatic heterocycles. The molecule has 1 amide bonds. The van der Waals surface area contributed by atoms with Crippen molar-refractivity contribution in [2.24, 2.45) is 22.9 Å². The van der Waals surface area contributed by atoms with Crippen LogP contribution in [0.1, 0.15) is 85.7 Å². The highest BCUT2D eigenvalue weighted by molar-refractivity contribution is 6.03. The molecule has 0 radical (unpaired) electrons. The van der Waals surface area contributed by atoms with Gasteiger partial charge in [-0.1, -0.05) is 55.3 Å². The summed E-state index contributed by atoms with van der Waals surface area (Å²) in [7, 11) is 1.53. The van der Waals surface area contributed by atoms with E-state index in [-0.39, 0.29) is 69.1 Å². The first-order valence-corrected chi connectivity index (χ1v) is 20.6. The number of benzene rings is 3. The quantitative estimate of drug-likeness (QED) is 0.0706. The van der Waals surface area contributed by atoms with Gasteiger partial charge in [-0.2, -0.15) is 0 Å². The van der Waals surface area contributed by atoms with Gasteiger partial charge in [0.05, 0.1) is 18.2 Å². The summed E-state index contributed by atoms with van der Waals surface area (Å²) < 4.78 is 46.5. The van der Waals surface area contributed by atoms with E-state index in [1.807, 2.05) is 30.0 Å². The smallest absolute Gasteiger partial charge is 0.254 e. The maximum absolute atomic E-state index is 14.9. The minimum Gasteiger partial charge on any atom is -0.489 e. The van der Waals surface area contributed by atoms with Crippen LogP contribution in [-0.2, 0) is 16.2 Å². The molecule has 7 rings (SSSR count). The fourth-order valence-electron chi connectivity index (χ4n) is 9.46. The number of carbonyl (C=O) groups excluding carboxylic acids is 1. The summed E-state index contributed by atoms with van der Waals surface area (Å²) in [6.45, 7) is 6.91. The lowest BCUT2D eigenvalue weighted by atomic mass is 9.55. The fraction of sp³-hybridized carbons (Fsp3) is 0.478. The highest BCUT2D eigenvalue weighted by Crippen LogP contribution is 2.62. The van der Waals surface area contributed by atoms with Crippen LogP contribution < -0.4 is 18.9 Å². The third-order valence-electron chi connectivity index (χ3n) is 11.9. The molecule has 1 saturated carbocycles. The van der Waals surface area contributed by atoms with Crippen molar-refractivity contribution in [3.05, 3.63) is 107 Å². The largest absolute Gasteiger partial charge is 0.489 e. The Morgan fingerprint density at radius 2 is 1.79 bits per heavy atom. The lowest BCUT2D eigenvalue weighted by molar-refractivity contribution is -0.254. The number of fused-ring (bicyclic) bond motifs is 3. The van der Waals surface area contributed by atoms with E-state index in [0.717, 1.165) is 36.8 Å². The molecule has 310 valence electrons. The van der Waals surface area contributed by atoms with Gasteiger partial charge in [-0.25, -0.2) is 4.39 Å². The molecule has 0 bridgehead atoms. The van der Waals surface area contributed by atoms with Crippen LogP contribution in [0.4, 0.5) is 4.39 Å². The van der Waals surface area contributed by atoms with Gasteiger partial charge in [0.25, 0.3) is 5.91 Å². The van der Waals surface area contributed by atoms with Gasteiger partial charge in [0, 0.05) is 48.8 Å². The number of halogens is 1. The lowest BCUT2D eigenvalue weighted by Gasteiger charge is -2.60. The predicted octanol–water partition coefficient (Wildman–Crippen LogP) is 7.95.